The van der Waals surface area contributed by atoms with Crippen LogP contribution in [0.2, 0.25) is 5.02 Å². The van der Waals surface area contributed by atoms with Gasteiger partial charge < -0.3 is 15.1 Å². The summed E-state index contributed by atoms with van der Waals surface area (Å²) in [6.07, 6.45) is 1.24. The van der Waals surface area contributed by atoms with Crippen molar-refractivity contribution in [2.75, 3.05) is 21.7 Å². The number of anilines is 3. The van der Waals surface area contributed by atoms with Crippen LogP contribution in [-0.4, -0.2) is 40.3 Å². The number of halogens is 2. The number of nitrogens with one attached hydrogen (secondary N) is 1. The van der Waals surface area contributed by atoms with Crippen molar-refractivity contribution in [3.63, 3.8) is 0 Å². The molecule has 0 bridgehead atoms. The maximum absolute atomic E-state index is 13.6. The van der Waals surface area contributed by atoms with Crippen LogP contribution in [-0.2, 0) is 20.9 Å². The lowest BCUT2D eigenvalue weighted by Crippen LogP contribution is -2.37. The third kappa shape index (κ3) is 5.39. The number of rotatable bonds is 7. The monoisotopic (exact) mass is 550 g/mol. The molecule has 2 fully saturated rings. The number of nitrogens with zero attached hydrogens (tertiary/aromatic N) is 3. The quantitative estimate of drug-likeness (QED) is 0.413. The number of thiocarbonyl (C=S) groups is 1. The highest BCUT2D eigenvalue weighted by atomic mass is 35.5. The zero-order chi connectivity index (χ0) is 26.8. The van der Waals surface area contributed by atoms with E-state index in [4.69, 9.17) is 23.8 Å². The second-order valence-corrected chi connectivity index (χ2v) is 9.95. The summed E-state index contributed by atoms with van der Waals surface area (Å²) in [5.74, 6) is -1.06. The first kappa shape index (κ1) is 25.8. The van der Waals surface area contributed by atoms with Crippen molar-refractivity contribution in [2.24, 2.45) is 0 Å². The number of carbonyl (C=O) groups excluding carboxylic acids is 3. The van der Waals surface area contributed by atoms with Gasteiger partial charge >= 0.3 is 0 Å². The van der Waals surface area contributed by atoms with Crippen molar-refractivity contribution < 1.29 is 18.8 Å². The van der Waals surface area contributed by atoms with E-state index in [0.29, 0.717) is 29.4 Å². The van der Waals surface area contributed by atoms with E-state index in [1.54, 1.807) is 34.1 Å². The van der Waals surface area contributed by atoms with Crippen LogP contribution in [0.4, 0.5) is 21.5 Å². The van der Waals surface area contributed by atoms with E-state index in [2.05, 4.69) is 5.32 Å². The third-order valence-electron chi connectivity index (χ3n) is 6.58. The first-order valence-corrected chi connectivity index (χ1v) is 12.9. The minimum Gasteiger partial charge on any atom is -0.332 e. The van der Waals surface area contributed by atoms with Crippen molar-refractivity contribution >= 4 is 63.7 Å². The van der Waals surface area contributed by atoms with Crippen molar-refractivity contribution in [1.29, 1.82) is 0 Å². The summed E-state index contributed by atoms with van der Waals surface area (Å²) in [4.78, 5) is 43.4. The van der Waals surface area contributed by atoms with Gasteiger partial charge in [0.15, 0.2) is 5.11 Å². The van der Waals surface area contributed by atoms with Gasteiger partial charge in [0.05, 0.1) is 12.1 Å². The summed E-state index contributed by atoms with van der Waals surface area (Å²) in [6.45, 7) is 0.968. The van der Waals surface area contributed by atoms with Crippen LogP contribution >= 0.6 is 23.8 Å². The van der Waals surface area contributed by atoms with E-state index in [1.807, 2.05) is 24.3 Å². The zero-order valence-corrected chi connectivity index (χ0v) is 21.8. The molecule has 7 nitrogen and oxygen atoms in total. The molecule has 1 N–H and O–H groups in total. The van der Waals surface area contributed by atoms with Crippen LogP contribution < -0.4 is 15.1 Å². The van der Waals surface area contributed by atoms with Gasteiger partial charge in [0.25, 0.3) is 5.91 Å². The molecule has 194 valence electrons. The zero-order valence-electron chi connectivity index (χ0n) is 20.3. The minimum absolute atomic E-state index is 0.103. The number of amides is 3. The molecule has 38 heavy (non-hydrogen) atoms. The number of benzene rings is 3. The fourth-order valence-electron chi connectivity index (χ4n) is 4.66. The summed E-state index contributed by atoms with van der Waals surface area (Å²) in [6, 6.07) is 18.8. The Morgan fingerprint density at radius 2 is 1.63 bits per heavy atom. The largest absolute Gasteiger partial charge is 0.332 e. The normalized spacial score (nSPS) is 17.5. The smallest absolute Gasteiger partial charge is 0.256 e. The van der Waals surface area contributed by atoms with Gasteiger partial charge in [-0.25, -0.2) is 4.39 Å². The van der Waals surface area contributed by atoms with Gasteiger partial charge in [-0.3, -0.25) is 19.3 Å². The van der Waals surface area contributed by atoms with Crippen LogP contribution in [0.15, 0.2) is 72.8 Å². The van der Waals surface area contributed by atoms with E-state index in [0.717, 1.165) is 17.7 Å². The van der Waals surface area contributed by atoms with Gasteiger partial charge in [-0.05, 0) is 84.9 Å². The molecular weight excluding hydrogens is 527 g/mol. The maximum Gasteiger partial charge on any atom is 0.256 e. The van der Waals surface area contributed by atoms with Gasteiger partial charge in [0, 0.05) is 35.9 Å². The van der Waals surface area contributed by atoms with Crippen molar-refractivity contribution in [3.8, 4) is 0 Å². The fraction of sp³-hybridized carbons (Fsp3) is 0.214. The topological polar surface area (TPSA) is 73.0 Å². The molecule has 0 spiro atoms. The lowest BCUT2D eigenvalue weighted by molar-refractivity contribution is -0.124. The van der Waals surface area contributed by atoms with Crippen LogP contribution in [0.3, 0.4) is 0 Å². The van der Waals surface area contributed by atoms with Gasteiger partial charge in [-0.15, -0.1) is 0 Å². The van der Waals surface area contributed by atoms with Crippen LogP contribution in [0.1, 0.15) is 24.8 Å². The molecule has 0 aliphatic carbocycles. The summed E-state index contributed by atoms with van der Waals surface area (Å²) in [7, 11) is 0. The van der Waals surface area contributed by atoms with Gasteiger partial charge in [-0.2, -0.15) is 0 Å². The van der Waals surface area contributed by atoms with Crippen molar-refractivity contribution in [2.45, 2.75) is 31.8 Å². The fourth-order valence-corrected chi connectivity index (χ4v) is 5.17. The number of carbonyl (C=O) groups is 3. The Hall–Kier alpha value is -3.82. The van der Waals surface area contributed by atoms with Crippen molar-refractivity contribution in [3.05, 3.63) is 89.2 Å². The molecule has 1 unspecified atom stereocenters. The molecule has 2 aliphatic rings. The average Bonchev–Trinajstić information content (AvgIpc) is 3.43. The Kier molecular flexibility index (Phi) is 7.40. The van der Waals surface area contributed by atoms with Crippen LogP contribution in [0, 0.1) is 5.82 Å². The molecule has 2 saturated heterocycles. The third-order valence-corrected chi connectivity index (χ3v) is 7.25. The molecule has 3 aromatic carbocycles. The second-order valence-electron chi connectivity index (χ2n) is 9.15. The predicted molar refractivity (Wildman–Crippen MR) is 149 cm³/mol. The second kappa shape index (κ2) is 10.9. The molecule has 5 rings (SSSR count). The first-order valence-electron chi connectivity index (χ1n) is 12.1. The standard InChI is InChI=1S/C28H24ClFN4O3S/c29-19-5-9-21(10-6-19)31-25(35)16-24-27(37)34(23-13-7-20(30)8-14-23)28(38)33(24)17-18-3-11-22(12-4-18)32-15-1-2-26(32)36/h3-14,24H,1-2,15-17H2,(H,31,35). The Morgan fingerprint density at radius 3 is 2.26 bits per heavy atom. The van der Waals surface area contributed by atoms with E-state index in [-0.39, 0.29) is 35.8 Å². The van der Waals surface area contributed by atoms with Crippen molar-refractivity contribution in [1.82, 2.24) is 4.90 Å². The summed E-state index contributed by atoms with van der Waals surface area (Å²) in [5, 5.41) is 3.56. The van der Waals surface area contributed by atoms with Gasteiger partial charge in [-0.1, -0.05) is 23.7 Å². The SMILES string of the molecule is O=C(CC1C(=O)N(c2ccc(F)cc2)C(=S)N1Cc1ccc(N2CCCC2=O)cc1)Nc1ccc(Cl)cc1. The highest BCUT2D eigenvalue weighted by Crippen LogP contribution is 2.30. The molecule has 10 heteroatoms. The Balaban J connectivity index is 1.38. The lowest BCUT2D eigenvalue weighted by Gasteiger charge is -2.24. The highest BCUT2D eigenvalue weighted by Gasteiger charge is 2.44. The summed E-state index contributed by atoms with van der Waals surface area (Å²) < 4.78 is 13.5. The molecule has 3 aromatic rings. The summed E-state index contributed by atoms with van der Waals surface area (Å²) in [5.41, 5.74) is 2.67. The highest BCUT2D eigenvalue weighted by molar-refractivity contribution is 7.80. The molecule has 0 saturated carbocycles. The summed E-state index contributed by atoms with van der Waals surface area (Å²) >= 11 is 11.6. The average molecular weight is 551 g/mol. The Morgan fingerprint density at radius 1 is 0.974 bits per heavy atom. The molecule has 2 aliphatic heterocycles. The molecule has 2 heterocycles. The van der Waals surface area contributed by atoms with Crippen LogP contribution in [0.25, 0.3) is 0 Å². The van der Waals surface area contributed by atoms with E-state index >= 15 is 0 Å². The molecular formula is C28H24ClFN4O3S. The van der Waals surface area contributed by atoms with E-state index in [1.165, 1.54) is 29.2 Å². The number of hydrogen-bond donors (Lipinski definition) is 1. The maximum atomic E-state index is 13.6. The minimum atomic E-state index is -0.861. The molecule has 0 aromatic heterocycles. The Labute approximate surface area is 229 Å². The van der Waals surface area contributed by atoms with E-state index in [9.17, 15) is 18.8 Å². The molecule has 3 amide bonds. The molecule has 1 atom stereocenters. The lowest BCUT2D eigenvalue weighted by atomic mass is 10.1. The van der Waals surface area contributed by atoms with Gasteiger partial charge in [0.2, 0.25) is 11.8 Å². The predicted octanol–water partition coefficient (Wildman–Crippen LogP) is 5.14. The Bertz CT molecular complexity index is 1380. The molecule has 0 radical (unpaired) electrons. The van der Waals surface area contributed by atoms with Crippen LogP contribution in [0.5, 0.6) is 0 Å². The first-order chi connectivity index (χ1) is 18.3. The number of hydrogen-bond acceptors (Lipinski definition) is 4. The van der Waals surface area contributed by atoms with Gasteiger partial charge in [0.1, 0.15) is 11.9 Å². The van der Waals surface area contributed by atoms with E-state index < -0.39 is 11.9 Å².